The van der Waals surface area contributed by atoms with E-state index in [9.17, 15) is 4.79 Å². The van der Waals surface area contributed by atoms with Gasteiger partial charge in [0.25, 0.3) is 0 Å². The van der Waals surface area contributed by atoms with Gasteiger partial charge in [0.15, 0.2) is 0 Å². The first kappa shape index (κ1) is 13.9. The fourth-order valence-corrected chi connectivity index (χ4v) is 2.93. The van der Waals surface area contributed by atoms with Crippen molar-refractivity contribution < 1.29 is 4.79 Å². The van der Waals surface area contributed by atoms with Gasteiger partial charge in [0.1, 0.15) is 6.07 Å². The molecule has 2 atom stereocenters. The number of hydrogen-bond donors (Lipinski definition) is 2. The number of carbonyl (C=O) groups excluding carboxylic acids is 1. The van der Waals surface area contributed by atoms with Crippen LogP contribution in [0.3, 0.4) is 0 Å². The topological polar surface area (TPSA) is 64.9 Å². The molecule has 0 unspecified atom stereocenters. The summed E-state index contributed by atoms with van der Waals surface area (Å²) in [6, 6.07) is 7.84. The average molecular weight is 322 g/mol. The Balaban J connectivity index is 2.17. The minimum atomic E-state index is -0.0137. The summed E-state index contributed by atoms with van der Waals surface area (Å²) in [6.45, 7) is 0. The van der Waals surface area contributed by atoms with Gasteiger partial charge in [0.05, 0.1) is 17.2 Å². The highest BCUT2D eigenvalue weighted by Gasteiger charge is 2.32. The predicted octanol–water partition coefficient (Wildman–Crippen LogP) is 2.65. The maximum absolute atomic E-state index is 11.8. The Morgan fingerprint density at radius 2 is 2.26 bits per heavy atom. The first-order chi connectivity index (χ1) is 9.15. The zero-order valence-electron chi connectivity index (χ0n) is 10.7. The minimum absolute atomic E-state index is 0.0137. The lowest BCUT2D eigenvalue weighted by molar-refractivity contribution is -0.124. The standard InChI is InChI=1S/C14H16BrN3O/c1-17-14(19)11-3-2-4-13(11)18-12-6-5-10(15)7-9(12)8-16/h5-7,11,13,18H,2-4H2,1H3,(H,17,19)/t11-,13+/m1/s1. The highest BCUT2D eigenvalue weighted by Crippen LogP contribution is 2.30. The van der Waals surface area contributed by atoms with Crippen molar-refractivity contribution in [2.24, 2.45) is 5.92 Å². The molecule has 2 N–H and O–H groups in total. The fourth-order valence-electron chi connectivity index (χ4n) is 2.57. The number of benzene rings is 1. The van der Waals surface area contributed by atoms with Crippen LogP contribution in [0.1, 0.15) is 24.8 Å². The maximum Gasteiger partial charge on any atom is 0.224 e. The number of rotatable bonds is 3. The van der Waals surface area contributed by atoms with Crippen molar-refractivity contribution in [3.05, 3.63) is 28.2 Å². The molecule has 5 heteroatoms. The molecule has 4 nitrogen and oxygen atoms in total. The first-order valence-corrected chi connectivity index (χ1v) is 7.12. The Kier molecular flexibility index (Phi) is 4.43. The van der Waals surface area contributed by atoms with Crippen LogP contribution in [0.5, 0.6) is 0 Å². The van der Waals surface area contributed by atoms with E-state index in [0.717, 1.165) is 29.4 Å². The second kappa shape index (κ2) is 6.07. The number of hydrogen-bond acceptors (Lipinski definition) is 3. The van der Waals surface area contributed by atoms with Crippen LogP contribution in [0.15, 0.2) is 22.7 Å². The number of halogens is 1. The van der Waals surface area contributed by atoms with Crippen molar-refractivity contribution in [1.29, 1.82) is 5.26 Å². The predicted molar refractivity (Wildman–Crippen MR) is 77.7 cm³/mol. The summed E-state index contributed by atoms with van der Waals surface area (Å²) in [6.07, 6.45) is 2.89. The summed E-state index contributed by atoms with van der Waals surface area (Å²) in [5.74, 6) is 0.0609. The van der Waals surface area contributed by atoms with E-state index in [1.165, 1.54) is 0 Å². The molecule has 1 saturated carbocycles. The van der Waals surface area contributed by atoms with Crippen molar-refractivity contribution in [1.82, 2.24) is 5.32 Å². The Morgan fingerprint density at radius 3 is 2.95 bits per heavy atom. The summed E-state index contributed by atoms with van der Waals surface area (Å²) in [4.78, 5) is 11.8. The van der Waals surface area contributed by atoms with Crippen LogP contribution in [0, 0.1) is 17.2 Å². The molecule has 0 aliphatic heterocycles. The van der Waals surface area contributed by atoms with Crippen LogP contribution in [-0.2, 0) is 4.79 Å². The molecule has 2 rings (SSSR count). The van der Waals surface area contributed by atoms with Crippen LogP contribution < -0.4 is 10.6 Å². The van der Waals surface area contributed by atoms with E-state index in [0.29, 0.717) is 5.56 Å². The molecule has 0 aromatic heterocycles. The second-order valence-electron chi connectivity index (χ2n) is 4.70. The normalized spacial score (nSPS) is 21.7. The molecule has 1 aliphatic rings. The van der Waals surface area contributed by atoms with Crippen molar-refractivity contribution in [3.63, 3.8) is 0 Å². The van der Waals surface area contributed by atoms with Crippen molar-refractivity contribution in [2.45, 2.75) is 25.3 Å². The third-order valence-electron chi connectivity index (χ3n) is 3.54. The molecule has 0 saturated heterocycles. The largest absolute Gasteiger partial charge is 0.380 e. The van der Waals surface area contributed by atoms with E-state index in [1.54, 1.807) is 13.1 Å². The Labute approximate surface area is 121 Å². The molecule has 1 aromatic carbocycles. The molecule has 100 valence electrons. The SMILES string of the molecule is CNC(=O)[C@@H]1CCC[C@@H]1Nc1ccc(Br)cc1C#N. The van der Waals surface area contributed by atoms with Gasteiger partial charge >= 0.3 is 0 Å². The van der Waals surface area contributed by atoms with Gasteiger partial charge in [0.2, 0.25) is 5.91 Å². The van der Waals surface area contributed by atoms with Crippen LogP contribution in [0.2, 0.25) is 0 Å². The van der Waals surface area contributed by atoms with Gasteiger partial charge in [-0.25, -0.2) is 0 Å². The maximum atomic E-state index is 11.8. The highest BCUT2D eigenvalue weighted by atomic mass is 79.9. The molecule has 1 fully saturated rings. The summed E-state index contributed by atoms with van der Waals surface area (Å²) in [7, 11) is 1.66. The average Bonchev–Trinajstić information content (AvgIpc) is 2.88. The summed E-state index contributed by atoms with van der Waals surface area (Å²) >= 11 is 3.35. The number of anilines is 1. The number of nitrogens with zero attached hydrogens (tertiary/aromatic N) is 1. The third-order valence-corrected chi connectivity index (χ3v) is 4.04. The molecular formula is C14H16BrN3O. The first-order valence-electron chi connectivity index (χ1n) is 6.33. The van der Waals surface area contributed by atoms with Gasteiger partial charge in [-0.1, -0.05) is 22.4 Å². The number of nitrogens with one attached hydrogen (secondary N) is 2. The molecule has 0 spiro atoms. The Bertz CT molecular complexity index is 524. The summed E-state index contributed by atoms with van der Waals surface area (Å²) in [5.41, 5.74) is 1.39. The van der Waals surface area contributed by atoms with Crippen LogP contribution in [-0.4, -0.2) is 19.0 Å². The lowest BCUT2D eigenvalue weighted by Crippen LogP contribution is -2.36. The third kappa shape index (κ3) is 3.07. The second-order valence-corrected chi connectivity index (χ2v) is 5.62. The number of amides is 1. The summed E-state index contributed by atoms with van der Waals surface area (Å²) < 4.78 is 0.879. The molecule has 0 bridgehead atoms. The Hall–Kier alpha value is -1.54. The smallest absolute Gasteiger partial charge is 0.224 e. The van der Waals surface area contributed by atoms with Gasteiger partial charge in [-0.2, -0.15) is 5.26 Å². The van der Waals surface area contributed by atoms with Crippen LogP contribution in [0.25, 0.3) is 0 Å². The van der Waals surface area contributed by atoms with Crippen molar-refractivity contribution >= 4 is 27.5 Å². The molecule has 1 aromatic rings. The van der Waals surface area contributed by atoms with Gasteiger partial charge in [-0.15, -0.1) is 0 Å². The minimum Gasteiger partial charge on any atom is -0.380 e. The molecule has 0 radical (unpaired) electrons. The quantitative estimate of drug-likeness (QED) is 0.899. The van der Waals surface area contributed by atoms with Gasteiger partial charge in [-0.05, 0) is 31.0 Å². The van der Waals surface area contributed by atoms with E-state index in [1.807, 2.05) is 12.1 Å². The molecule has 19 heavy (non-hydrogen) atoms. The van der Waals surface area contributed by atoms with E-state index in [2.05, 4.69) is 32.6 Å². The van der Waals surface area contributed by atoms with Crippen LogP contribution in [0.4, 0.5) is 5.69 Å². The van der Waals surface area contributed by atoms with Gasteiger partial charge in [0, 0.05) is 17.6 Å². The van der Waals surface area contributed by atoms with Crippen molar-refractivity contribution in [2.75, 3.05) is 12.4 Å². The molecular weight excluding hydrogens is 306 g/mol. The van der Waals surface area contributed by atoms with Gasteiger partial charge in [-0.3, -0.25) is 4.79 Å². The van der Waals surface area contributed by atoms with Crippen molar-refractivity contribution in [3.8, 4) is 6.07 Å². The highest BCUT2D eigenvalue weighted by molar-refractivity contribution is 9.10. The summed E-state index contributed by atoms with van der Waals surface area (Å²) in [5, 5.41) is 15.2. The van der Waals surface area contributed by atoms with E-state index >= 15 is 0 Å². The lowest BCUT2D eigenvalue weighted by atomic mass is 10.0. The lowest BCUT2D eigenvalue weighted by Gasteiger charge is -2.21. The number of nitriles is 1. The number of carbonyl (C=O) groups is 1. The van der Waals surface area contributed by atoms with Crippen LogP contribution >= 0.6 is 15.9 Å². The zero-order valence-corrected chi connectivity index (χ0v) is 12.3. The molecule has 1 aliphatic carbocycles. The fraction of sp³-hybridized carbons (Fsp3) is 0.429. The Morgan fingerprint density at radius 1 is 1.47 bits per heavy atom. The molecule has 1 amide bonds. The van der Waals surface area contributed by atoms with Gasteiger partial charge < -0.3 is 10.6 Å². The zero-order chi connectivity index (χ0) is 13.8. The van der Waals surface area contributed by atoms with E-state index in [4.69, 9.17) is 5.26 Å². The molecule has 0 heterocycles. The van der Waals surface area contributed by atoms with E-state index in [-0.39, 0.29) is 17.9 Å². The monoisotopic (exact) mass is 321 g/mol. The van der Waals surface area contributed by atoms with E-state index < -0.39 is 0 Å².